The van der Waals surface area contributed by atoms with Crippen LogP contribution in [0, 0.1) is 0 Å². The minimum Gasteiger partial charge on any atom is -0.489 e. The molecule has 2 aliphatic rings. The maximum absolute atomic E-state index is 6.09. The summed E-state index contributed by atoms with van der Waals surface area (Å²) in [6.07, 6.45) is 9.28. The maximum Gasteiger partial charge on any atom is 0.130 e. The van der Waals surface area contributed by atoms with Gasteiger partial charge in [-0.05, 0) is 43.2 Å². The molecule has 0 atom stereocenters. The Balaban J connectivity index is 1.21. The normalized spacial score (nSPS) is 14.8. The predicted octanol–water partition coefficient (Wildman–Crippen LogP) is 3.78. The molecule has 4 aromatic rings. The van der Waals surface area contributed by atoms with Crippen LogP contribution < -0.4 is 15.4 Å². The van der Waals surface area contributed by atoms with Crippen molar-refractivity contribution in [2.24, 2.45) is 0 Å². The summed E-state index contributed by atoms with van der Waals surface area (Å²) in [5.41, 5.74) is 11.8. The molecular formula is C25H22N6O. The third kappa shape index (κ3) is 3.32. The van der Waals surface area contributed by atoms with Gasteiger partial charge in [-0.2, -0.15) is 0 Å². The van der Waals surface area contributed by atoms with E-state index in [0.717, 1.165) is 69.9 Å². The number of allylic oxidation sites excluding steroid dienone is 1. The number of nitrogens with two attached hydrogens (primary N) is 1. The number of aromatic nitrogens is 4. The number of benzene rings is 1. The van der Waals surface area contributed by atoms with Crippen LogP contribution in [0.15, 0.2) is 61.2 Å². The highest BCUT2D eigenvalue weighted by atomic mass is 16.5. The fourth-order valence-electron chi connectivity index (χ4n) is 4.19. The molecule has 0 radical (unpaired) electrons. The Bertz CT molecular complexity index is 1360. The lowest BCUT2D eigenvalue weighted by Crippen LogP contribution is -2.37. The fraction of sp³-hybridized carbons (Fsp3) is 0.200. The summed E-state index contributed by atoms with van der Waals surface area (Å²) in [4.78, 5) is 20.0. The summed E-state index contributed by atoms with van der Waals surface area (Å²) in [5.74, 6) is 2.37. The molecule has 1 saturated heterocycles. The topological polar surface area (TPSA) is 90.0 Å². The zero-order chi connectivity index (χ0) is 21.5. The Kier molecular flexibility index (Phi) is 4.45. The Morgan fingerprint density at radius 1 is 1.03 bits per heavy atom. The molecular weight excluding hydrogens is 400 g/mol. The Hall–Kier alpha value is -4.00. The van der Waals surface area contributed by atoms with Crippen molar-refractivity contribution in [1.82, 2.24) is 19.9 Å². The molecule has 0 saturated carbocycles. The molecule has 1 aliphatic heterocycles. The zero-order valence-corrected chi connectivity index (χ0v) is 17.5. The largest absolute Gasteiger partial charge is 0.489 e. The average Bonchev–Trinajstić information content (AvgIpc) is 3.22. The average molecular weight is 422 g/mol. The smallest absolute Gasteiger partial charge is 0.130 e. The van der Waals surface area contributed by atoms with Crippen molar-refractivity contribution in [3.63, 3.8) is 0 Å². The van der Waals surface area contributed by atoms with Crippen molar-refractivity contribution in [3.05, 3.63) is 83.6 Å². The van der Waals surface area contributed by atoms with E-state index >= 15 is 0 Å². The van der Waals surface area contributed by atoms with Gasteiger partial charge in [-0.25, -0.2) is 15.0 Å². The molecule has 0 amide bonds. The molecule has 158 valence electrons. The van der Waals surface area contributed by atoms with Gasteiger partial charge in [0.15, 0.2) is 0 Å². The molecule has 32 heavy (non-hydrogen) atoms. The molecule has 1 aromatic carbocycles. The summed E-state index contributed by atoms with van der Waals surface area (Å²) < 4.78 is 6.09. The van der Waals surface area contributed by atoms with Gasteiger partial charge in [0.05, 0.1) is 11.2 Å². The van der Waals surface area contributed by atoms with Crippen molar-refractivity contribution >= 4 is 28.1 Å². The summed E-state index contributed by atoms with van der Waals surface area (Å²) in [5, 5.41) is 1.11. The Morgan fingerprint density at radius 2 is 1.94 bits per heavy atom. The number of hydrogen-bond donors (Lipinski definition) is 1. The number of pyridine rings is 2. The fourth-order valence-corrected chi connectivity index (χ4v) is 4.19. The first-order valence-corrected chi connectivity index (χ1v) is 10.8. The van der Waals surface area contributed by atoms with Gasteiger partial charge >= 0.3 is 0 Å². The third-order valence-corrected chi connectivity index (χ3v) is 6.08. The lowest BCUT2D eigenvalue weighted by atomic mass is 10.0. The van der Waals surface area contributed by atoms with Crippen LogP contribution in [0.2, 0.25) is 0 Å². The van der Waals surface area contributed by atoms with Gasteiger partial charge in [-0.3, -0.25) is 4.98 Å². The molecule has 4 heterocycles. The first-order chi connectivity index (χ1) is 15.7. The lowest BCUT2D eigenvalue weighted by molar-refractivity contribution is 0.306. The van der Waals surface area contributed by atoms with Crippen LogP contribution in [0.5, 0.6) is 5.75 Å². The van der Waals surface area contributed by atoms with Crippen molar-refractivity contribution in [2.45, 2.75) is 19.4 Å². The van der Waals surface area contributed by atoms with Crippen molar-refractivity contribution in [2.75, 3.05) is 23.7 Å². The molecule has 1 fully saturated rings. The minimum absolute atomic E-state index is 0.421. The van der Waals surface area contributed by atoms with E-state index in [9.17, 15) is 0 Å². The van der Waals surface area contributed by atoms with E-state index in [1.165, 1.54) is 12.7 Å². The standard InChI is InChI=1S/C25H22N6O/c26-25-21-6-5-20(24(21)28-15-29-25)18-10-16(12-27-13-18)14-32-19-4-2-17-3-7-23(30-22(17)11-19)31-8-1-9-31/h2-5,7,10-13,15H,1,6,8-9,14H2,(H2,26,28,29). The number of rotatable bonds is 5. The molecule has 2 N–H and O–H groups in total. The van der Waals surface area contributed by atoms with Gasteiger partial charge in [0, 0.05) is 59.2 Å². The van der Waals surface area contributed by atoms with E-state index in [-0.39, 0.29) is 0 Å². The van der Waals surface area contributed by atoms with Crippen LogP contribution in [0.3, 0.4) is 0 Å². The van der Waals surface area contributed by atoms with Crippen molar-refractivity contribution in [1.29, 1.82) is 0 Å². The molecule has 0 spiro atoms. The zero-order valence-electron chi connectivity index (χ0n) is 17.5. The Labute approximate surface area is 185 Å². The molecule has 1 aliphatic carbocycles. The van der Waals surface area contributed by atoms with Gasteiger partial charge in [-0.15, -0.1) is 0 Å². The highest BCUT2D eigenvalue weighted by Gasteiger charge is 2.20. The summed E-state index contributed by atoms with van der Waals surface area (Å²) in [6, 6.07) is 12.3. The van der Waals surface area contributed by atoms with Crippen molar-refractivity contribution < 1.29 is 4.74 Å². The number of hydrogen-bond acceptors (Lipinski definition) is 7. The summed E-state index contributed by atoms with van der Waals surface area (Å²) >= 11 is 0. The number of fused-ring (bicyclic) bond motifs is 2. The number of ether oxygens (including phenoxy) is 1. The second-order valence-corrected chi connectivity index (χ2v) is 8.14. The quantitative estimate of drug-likeness (QED) is 0.523. The summed E-state index contributed by atoms with van der Waals surface area (Å²) in [6.45, 7) is 2.58. The summed E-state index contributed by atoms with van der Waals surface area (Å²) in [7, 11) is 0. The van der Waals surface area contributed by atoms with E-state index in [1.54, 1.807) is 0 Å². The van der Waals surface area contributed by atoms with E-state index in [0.29, 0.717) is 12.4 Å². The SMILES string of the molecule is Nc1ncnc2c1CC=C2c1cncc(COc2ccc3ccc(N4CCC4)nc3c2)c1. The third-order valence-electron chi connectivity index (χ3n) is 6.08. The van der Waals surface area contributed by atoms with E-state index in [4.69, 9.17) is 15.5 Å². The first-order valence-electron chi connectivity index (χ1n) is 10.8. The van der Waals surface area contributed by atoms with Gasteiger partial charge in [0.2, 0.25) is 0 Å². The Morgan fingerprint density at radius 3 is 2.81 bits per heavy atom. The number of nitrogens with zero attached hydrogens (tertiary/aromatic N) is 5. The van der Waals surface area contributed by atoms with Crippen LogP contribution in [0.1, 0.15) is 28.8 Å². The van der Waals surface area contributed by atoms with Gasteiger partial charge in [-0.1, -0.05) is 6.08 Å². The lowest BCUT2D eigenvalue weighted by Gasteiger charge is -2.32. The molecule has 0 bridgehead atoms. The van der Waals surface area contributed by atoms with Crippen LogP contribution in [0.25, 0.3) is 16.5 Å². The van der Waals surface area contributed by atoms with Crippen LogP contribution >= 0.6 is 0 Å². The predicted molar refractivity (Wildman–Crippen MR) is 124 cm³/mol. The van der Waals surface area contributed by atoms with Crippen molar-refractivity contribution in [3.8, 4) is 5.75 Å². The van der Waals surface area contributed by atoms with E-state index < -0.39 is 0 Å². The highest BCUT2D eigenvalue weighted by molar-refractivity contribution is 5.84. The maximum atomic E-state index is 6.09. The molecule has 3 aromatic heterocycles. The second-order valence-electron chi connectivity index (χ2n) is 8.14. The van der Waals surface area contributed by atoms with E-state index in [1.807, 2.05) is 24.5 Å². The van der Waals surface area contributed by atoms with Gasteiger partial charge in [0.1, 0.15) is 30.3 Å². The van der Waals surface area contributed by atoms with Gasteiger partial charge < -0.3 is 15.4 Å². The highest BCUT2D eigenvalue weighted by Crippen LogP contribution is 2.33. The van der Waals surface area contributed by atoms with Crippen LogP contribution in [0.4, 0.5) is 11.6 Å². The first kappa shape index (κ1) is 18.7. The molecule has 6 rings (SSSR count). The van der Waals surface area contributed by atoms with Crippen LogP contribution in [-0.4, -0.2) is 33.0 Å². The molecule has 7 heteroatoms. The minimum atomic E-state index is 0.421. The van der Waals surface area contributed by atoms with Crippen LogP contribution in [-0.2, 0) is 13.0 Å². The number of anilines is 2. The second kappa shape index (κ2) is 7.60. The van der Waals surface area contributed by atoms with E-state index in [2.05, 4.69) is 50.2 Å². The van der Waals surface area contributed by atoms with Gasteiger partial charge in [0.25, 0.3) is 0 Å². The molecule has 7 nitrogen and oxygen atoms in total. The monoisotopic (exact) mass is 422 g/mol. The molecule has 0 unspecified atom stereocenters. The number of nitrogen functional groups attached to an aromatic ring is 1.